The van der Waals surface area contributed by atoms with Crippen molar-refractivity contribution in [2.45, 2.75) is 57.7 Å². The fourth-order valence-corrected chi connectivity index (χ4v) is 4.01. The third-order valence-corrected chi connectivity index (χ3v) is 5.82. The molecular weight excluding hydrogens is 417 g/mol. The maximum Gasteiger partial charge on any atom is 0.161 e. The molecule has 0 aliphatic heterocycles. The van der Waals surface area contributed by atoms with Gasteiger partial charge in [0, 0.05) is 28.2 Å². The van der Waals surface area contributed by atoms with Gasteiger partial charge in [0.25, 0.3) is 0 Å². The molecule has 2 aromatic rings. The van der Waals surface area contributed by atoms with E-state index in [0.717, 1.165) is 17.9 Å². The van der Waals surface area contributed by atoms with Crippen LogP contribution in [0.3, 0.4) is 0 Å². The molecule has 0 unspecified atom stereocenters. The number of halogens is 3. The van der Waals surface area contributed by atoms with Crippen LogP contribution < -0.4 is 14.8 Å². The third kappa shape index (κ3) is 6.45. The Morgan fingerprint density at radius 2 is 1.64 bits per heavy atom. The standard InChI is InChI=1S/C22H27Cl2NO2.ClH/c1-26-22-13-16(14-25-17-7-4-2-3-5-8-17)11-12-21(22)27-15-18-19(23)9-6-10-20(18)24;/h6,9-13,17,25H,2-5,7-8,14-15H2,1H3;1H. The molecule has 0 atom stereocenters. The van der Waals surface area contributed by atoms with Crippen molar-refractivity contribution >= 4 is 35.6 Å². The van der Waals surface area contributed by atoms with Crippen LogP contribution in [0, 0.1) is 0 Å². The number of benzene rings is 2. The molecule has 1 aliphatic carbocycles. The SMILES string of the molecule is COc1cc(CNC2CCCCCC2)ccc1OCc1c(Cl)cccc1Cl.Cl. The smallest absolute Gasteiger partial charge is 0.161 e. The molecule has 3 rings (SSSR count). The predicted octanol–water partition coefficient (Wildman–Crippen LogP) is 6.82. The fourth-order valence-electron chi connectivity index (χ4n) is 3.51. The van der Waals surface area contributed by atoms with Crippen LogP contribution in [0.4, 0.5) is 0 Å². The fraction of sp³-hybridized carbons (Fsp3) is 0.455. The molecule has 3 nitrogen and oxygen atoms in total. The minimum Gasteiger partial charge on any atom is -0.493 e. The van der Waals surface area contributed by atoms with Crippen molar-refractivity contribution in [2.24, 2.45) is 0 Å². The van der Waals surface area contributed by atoms with Crippen LogP contribution in [0.15, 0.2) is 36.4 Å². The number of ether oxygens (including phenoxy) is 2. The largest absolute Gasteiger partial charge is 0.493 e. The quantitative estimate of drug-likeness (QED) is 0.475. The zero-order chi connectivity index (χ0) is 19.1. The summed E-state index contributed by atoms with van der Waals surface area (Å²) in [5, 5.41) is 4.90. The summed E-state index contributed by atoms with van der Waals surface area (Å²) in [5.41, 5.74) is 1.97. The summed E-state index contributed by atoms with van der Waals surface area (Å²) in [4.78, 5) is 0. The third-order valence-electron chi connectivity index (χ3n) is 5.11. The van der Waals surface area contributed by atoms with Crippen LogP contribution in [0.1, 0.15) is 49.7 Å². The summed E-state index contributed by atoms with van der Waals surface area (Å²) in [6.07, 6.45) is 7.95. The van der Waals surface area contributed by atoms with Crippen molar-refractivity contribution in [3.8, 4) is 11.5 Å². The maximum atomic E-state index is 6.22. The molecule has 0 amide bonds. The van der Waals surface area contributed by atoms with Crippen LogP contribution in [-0.2, 0) is 13.2 Å². The van der Waals surface area contributed by atoms with Gasteiger partial charge >= 0.3 is 0 Å². The van der Waals surface area contributed by atoms with Gasteiger partial charge < -0.3 is 14.8 Å². The van der Waals surface area contributed by atoms with Crippen LogP contribution in [0.2, 0.25) is 10.0 Å². The van der Waals surface area contributed by atoms with E-state index < -0.39 is 0 Å². The van der Waals surface area contributed by atoms with Crippen molar-refractivity contribution in [3.63, 3.8) is 0 Å². The van der Waals surface area contributed by atoms with E-state index in [1.165, 1.54) is 44.1 Å². The van der Waals surface area contributed by atoms with Crippen molar-refractivity contribution in [2.75, 3.05) is 7.11 Å². The number of hydrogen-bond acceptors (Lipinski definition) is 3. The van der Waals surface area contributed by atoms with Gasteiger partial charge in [-0.05, 0) is 42.7 Å². The second kappa shape index (κ2) is 11.8. The average Bonchev–Trinajstić information content (AvgIpc) is 2.95. The zero-order valence-electron chi connectivity index (χ0n) is 16.2. The minimum absolute atomic E-state index is 0. The van der Waals surface area contributed by atoms with Gasteiger partial charge in [0.05, 0.1) is 7.11 Å². The van der Waals surface area contributed by atoms with Gasteiger partial charge in [-0.25, -0.2) is 0 Å². The number of hydrogen-bond donors (Lipinski definition) is 1. The highest BCUT2D eigenvalue weighted by atomic mass is 35.5. The molecule has 1 saturated carbocycles. The topological polar surface area (TPSA) is 30.5 Å². The highest BCUT2D eigenvalue weighted by Crippen LogP contribution is 2.31. The highest BCUT2D eigenvalue weighted by molar-refractivity contribution is 6.35. The van der Waals surface area contributed by atoms with Crippen LogP contribution >= 0.6 is 35.6 Å². The first-order valence-electron chi connectivity index (χ1n) is 9.63. The molecule has 1 N–H and O–H groups in total. The lowest BCUT2D eigenvalue weighted by atomic mass is 10.1. The summed E-state index contributed by atoms with van der Waals surface area (Å²) in [6, 6.07) is 12.1. The number of nitrogens with one attached hydrogen (secondary N) is 1. The first kappa shape index (κ1) is 23.2. The van der Waals surface area contributed by atoms with Crippen molar-refractivity contribution < 1.29 is 9.47 Å². The Hall–Kier alpha value is -1.13. The van der Waals surface area contributed by atoms with E-state index in [1.807, 2.05) is 30.3 Å². The van der Waals surface area contributed by atoms with Gasteiger partial charge in [-0.2, -0.15) is 0 Å². The van der Waals surface area contributed by atoms with E-state index in [0.29, 0.717) is 28.4 Å². The Balaban J connectivity index is 0.00000280. The molecule has 0 bridgehead atoms. The number of rotatable bonds is 7. The van der Waals surface area contributed by atoms with E-state index in [9.17, 15) is 0 Å². The average molecular weight is 445 g/mol. The van der Waals surface area contributed by atoms with Crippen LogP contribution in [0.5, 0.6) is 11.5 Å². The van der Waals surface area contributed by atoms with Crippen molar-refractivity contribution in [1.82, 2.24) is 5.32 Å². The van der Waals surface area contributed by atoms with E-state index in [-0.39, 0.29) is 12.4 Å². The lowest BCUT2D eigenvalue weighted by molar-refractivity contribution is 0.284. The monoisotopic (exact) mass is 443 g/mol. The molecule has 0 heterocycles. The molecule has 0 radical (unpaired) electrons. The predicted molar refractivity (Wildman–Crippen MR) is 119 cm³/mol. The van der Waals surface area contributed by atoms with Crippen molar-refractivity contribution in [1.29, 1.82) is 0 Å². The van der Waals surface area contributed by atoms with Gasteiger partial charge in [0.15, 0.2) is 11.5 Å². The molecule has 2 aromatic carbocycles. The second-order valence-corrected chi connectivity index (χ2v) is 7.86. The van der Waals surface area contributed by atoms with E-state index in [2.05, 4.69) is 11.4 Å². The van der Waals surface area contributed by atoms with Crippen molar-refractivity contribution in [3.05, 3.63) is 57.6 Å². The molecule has 154 valence electrons. The normalized spacial score (nSPS) is 14.8. The Morgan fingerprint density at radius 3 is 2.29 bits per heavy atom. The summed E-state index contributed by atoms with van der Waals surface area (Å²) in [5.74, 6) is 1.41. The zero-order valence-corrected chi connectivity index (χ0v) is 18.5. The van der Waals surface area contributed by atoms with Gasteiger partial charge in [-0.3, -0.25) is 0 Å². The molecule has 1 aliphatic rings. The van der Waals surface area contributed by atoms with Gasteiger partial charge in [0.1, 0.15) is 6.61 Å². The Kier molecular flexibility index (Phi) is 9.73. The molecule has 0 aromatic heterocycles. The van der Waals surface area contributed by atoms with Gasteiger partial charge in [-0.1, -0.05) is 61.0 Å². The van der Waals surface area contributed by atoms with Gasteiger partial charge in [-0.15, -0.1) is 12.4 Å². The van der Waals surface area contributed by atoms with Gasteiger partial charge in [0.2, 0.25) is 0 Å². The lowest BCUT2D eigenvalue weighted by Gasteiger charge is -2.17. The Morgan fingerprint density at radius 1 is 0.964 bits per heavy atom. The first-order valence-corrected chi connectivity index (χ1v) is 10.4. The molecule has 28 heavy (non-hydrogen) atoms. The molecule has 0 saturated heterocycles. The maximum absolute atomic E-state index is 6.22. The molecular formula is C22H28Cl3NO2. The lowest BCUT2D eigenvalue weighted by Crippen LogP contribution is -2.27. The number of methoxy groups -OCH3 is 1. The van der Waals surface area contributed by atoms with E-state index in [1.54, 1.807) is 7.11 Å². The second-order valence-electron chi connectivity index (χ2n) is 7.04. The highest BCUT2D eigenvalue weighted by Gasteiger charge is 2.13. The van der Waals surface area contributed by atoms with E-state index >= 15 is 0 Å². The Bertz CT molecular complexity index is 726. The molecule has 6 heteroatoms. The summed E-state index contributed by atoms with van der Waals surface area (Å²) >= 11 is 12.4. The minimum atomic E-state index is 0. The summed E-state index contributed by atoms with van der Waals surface area (Å²) in [7, 11) is 1.66. The molecule has 0 spiro atoms. The van der Waals surface area contributed by atoms with Crippen LogP contribution in [0.25, 0.3) is 0 Å². The summed E-state index contributed by atoms with van der Waals surface area (Å²) < 4.78 is 11.5. The van der Waals surface area contributed by atoms with Crippen LogP contribution in [-0.4, -0.2) is 13.2 Å². The first-order chi connectivity index (χ1) is 13.2. The summed E-state index contributed by atoms with van der Waals surface area (Å²) in [6.45, 7) is 1.15. The van der Waals surface area contributed by atoms with E-state index in [4.69, 9.17) is 32.7 Å². The Labute approximate surface area is 184 Å². The molecule has 1 fully saturated rings.